The zero-order chi connectivity index (χ0) is 24.3. The number of aliphatic carboxylic acids is 1. The van der Waals surface area contributed by atoms with Crippen molar-refractivity contribution in [3.8, 4) is 0 Å². The maximum absolute atomic E-state index is 13.8. The number of nitrogens with one attached hydrogen (secondary N) is 1. The number of likely N-dealkylation sites (N-methyl/N-ethyl adjacent to an activating group) is 1. The minimum atomic E-state index is -1.10. The van der Waals surface area contributed by atoms with Crippen molar-refractivity contribution in [3.63, 3.8) is 0 Å². The summed E-state index contributed by atoms with van der Waals surface area (Å²) < 4.78 is 14.2. The summed E-state index contributed by atoms with van der Waals surface area (Å²) in [6, 6.07) is 3.52. The van der Waals surface area contributed by atoms with Crippen LogP contribution in [0.4, 0.5) is 4.39 Å². The number of halogens is 3. The number of aromatic nitrogens is 1. The smallest absolute Gasteiger partial charge is 0.335 e. The molecule has 33 heavy (non-hydrogen) atoms. The molecule has 2 heterocycles. The van der Waals surface area contributed by atoms with E-state index in [0.717, 1.165) is 0 Å². The number of carbonyl (C=O) groups excluding carboxylic acids is 1. The van der Waals surface area contributed by atoms with Crippen LogP contribution in [0.3, 0.4) is 0 Å². The molecule has 0 saturated carbocycles. The first-order chi connectivity index (χ1) is 15.7. The van der Waals surface area contributed by atoms with Gasteiger partial charge in [-0.15, -0.1) is 11.3 Å². The van der Waals surface area contributed by atoms with E-state index in [1.807, 2.05) is 25.7 Å². The number of aliphatic imine (C=N–C) groups is 1. The van der Waals surface area contributed by atoms with Crippen molar-refractivity contribution in [2.45, 2.75) is 39.3 Å². The first-order valence-corrected chi connectivity index (χ1v) is 13.0. The number of allylic oxidation sites excluding steroid dienone is 1. The molecule has 0 saturated heterocycles. The highest BCUT2D eigenvalue weighted by Crippen LogP contribution is 2.40. The monoisotopic (exact) mass is 600 g/mol. The van der Waals surface area contributed by atoms with E-state index in [0.29, 0.717) is 38.8 Å². The van der Waals surface area contributed by atoms with Gasteiger partial charge in [-0.05, 0) is 38.5 Å². The molecule has 1 atom stereocenters. The Bertz CT molecular complexity index is 1130. The Labute approximate surface area is 212 Å². The van der Waals surface area contributed by atoms with Gasteiger partial charge in [-0.3, -0.25) is 4.79 Å². The van der Waals surface area contributed by atoms with Crippen molar-refractivity contribution in [2.75, 3.05) is 11.9 Å². The predicted molar refractivity (Wildman–Crippen MR) is 133 cm³/mol. The van der Waals surface area contributed by atoms with Crippen molar-refractivity contribution >= 4 is 60.9 Å². The van der Waals surface area contributed by atoms with E-state index in [4.69, 9.17) is 0 Å². The molecule has 7 nitrogen and oxygen atoms in total. The van der Waals surface area contributed by atoms with Crippen LogP contribution in [0.2, 0.25) is 0 Å². The van der Waals surface area contributed by atoms with Crippen LogP contribution < -0.4 is 5.32 Å². The summed E-state index contributed by atoms with van der Waals surface area (Å²) in [6.45, 7) is 6.11. The van der Waals surface area contributed by atoms with Gasteiger partial charge in [0.05, 0.1) is 29.4 Å². The summed E-state index contributed by atoms with van der Waals surface area (Å²) >= 11 is 8.10. The number of hydrogen-bond donors (Lipinski definition) is 2. The second kappa shape index (κ2) is 10.9. The lowest BCUT2D eigenvalue weighted by Crippen LogP contribution is -2.41. The summed E-state index contributed by atoms with van der Waals surface area (Å²) in [5.41, 5.74) is 1.69. The molecule has 1 aromatic heterocycles. The molecule has 2 N–H and O–H groups in total. The molecule has 1 amide bonds. The van der Waals surface area contributed by atoms with Crippen LogP contribution in [0, 0.1) is 5.82 Å². The fourth-order valence-electron chi connectivity index (χ4n) is 3.61. The molecule has 1 unspecified atom stereocenters. The Balaban J connectivity index is 2.09. The van der Waals surface area contributed by atoms with Gasteiger partial charge in [-0.1, -0.05) is 37.9 Å². The van der Waals surface area contributed by atoms with E-state index in [9.17, 15) is 19.1 Å². The highest BCUT2D eigenvalue weighted by molar-refractivity contribution is 9.10. The summed E-state index contributed by atoms with van der Waals surface area (Å²) in [7, 11) is 0. The quantitative estimate of drug-likeness (QED) is 0.429. The van der Waals surface area contributed by atoms with Gasteiger partial charge < -0.3 is 15.3 Å². The summed E-state index contributed by atoms with van der Waals surface area (Å²) in [5.74, 6) is -1.14. The number of carbonyl (C=O) groups is 2. The van der Waals surface area contributed by atoms with Crippen molar-refractivity contribution < 1.29 is 19.1 Å². The summed E-state index contributed by atoms with van der Waals surface area (Å²) in [5, 5.41) is 15.5. The third-order valence-corrected chi connectivity index (χ3v) is 7.00. The third kappa shape index (κ3) is 5.70. The van der Waals surface area contributed by atoms with Crippen LogP contribution >= 0.6 is 43.2 Å². The topological polar surface area (TPSA) is 94.9 Å². The molecule has 0 fully saturated rings. The van der Waals surface area contributed by atoms with E-state index in [-0.39, 0.29) is 29.3 Å². The van der Waals surface area contributed by atoms with Gasteiger partial charge in [0.1, 0.15) is 5.82 Å². The van der Waals surface area contributed by atoms with Crippen molar-refractivity contribution in [3.05, 3.63) is 61.4 Å². The predicted octanol–water partition coefficient (Wildman–Crippen LogP) is 4.67. The van der Waals surface area contributed by atoms with E-state index in [1.165, 1.54) is 23.5 Å². The molecule has 0 aliphatic carbocycles. The zero-order valence-electron chi connectivity index (χ0n) is 18.2. The van der Waals surface area contributed by atoms with Crippen molar-refractivity contribution in [1.82, 2.24) is 15.2 Å². The largest absolute Gasteiger partial charge is 0.478 e. The average molecular weight is 602 g/mol. The molecular formula is C22H23Br2FN4O3S. The Morgan fingerprint density at radius 1 is 1.36 bits per heavy atom. The Hall–Kier alpha value is -2.11. The second-order valence-corrected chi connectivity index (χ2v) is 9.91. The second-order valence-electron chi connectivity index (χ2n) is 7.63. The molecule has 11 heteroatoms. The molecular weight excluding hydrogens is 579 g/mol. The molecule has 1 aromatic carbocycles. The summed E-state index contributed by atoms with van der Waals surface area (Å²) in [6.07, 6.45) is 0.141. The Morgan fingerprint density at radius 2 is 2.09 bits per heavy atom. The maximum atomic E-state index is 13.8. The van der Waals surface area contributed by atoms with E-state index in [2.05, 4.69) is 47.2 Å². The molecule has 1 aliphatic rings. The number of alkyl halides is 1. The number of thiazole rings is 1. The lowest BCUT2D eigenvalue weighted by atomic mass is 9.93. The number of amidine groups is 1. The van der Waals surface area contributed by atoms with Crippen molar-refractivity contribution in [2.24, 2.45) is 4.99 Å². The van der Waals surface area contributed by atoms with E-state index >= 15 is 0 Å². The van der Waals surface area contributed by atoms with Gasteiger partial charge >= 0.3 is 5.97 Å². The SMILES string of the molecule is CCN1C(c2nc(CC(=O)NC(C)C)cs2)=NC(CBr)=C(C(=O)O)C1c1ccc(F)cc1Br. The van der Waals surface area contributed by atoms with Gasteiger partial charge in [0.2, 0.25) is 5.91 Å². The van der Waals surface area contributed by atoms with E-state index < -0.39 is 17.8 Å². The molecule has 0 bridgehead atoms. The molecule has 2 aromatic rings. The van der Waals surface area contributed by atoms with Crippen LogP contribution in [0.15, 0.2) is 44.3 Å². The minimum absolute atomic E-state index is 0.0323. The molecule has 0 radical (unpaired) electrons. The Kier molecular flexibility index (Phi) is 8.41. The van der Waals surface area contributed by atoms with Gasteiger partial charge in [0.25, 0.3) is 0 Å². The zero-order valence-corrected chi connectivity index (χ0v) is 22.2. The number of hydrogen-bond acceptors (Lipinski definition) is 6. The average Bonchev–Trinajstić information content (AvgIpc) is 3.19. The normalized spacial score (nSPS) is 16.3. The van der Waals surface area contributed by atoms with Crippen LogP contribution in [0.5, 0.6) is 0 Å². The summed E-state index contributed by atoms with van der Waals surface area (Å²) in [4.78, 5) is 35.5. The number of amides is 1. The highest BCUT2D eigenvalue weighted by atomic mass is 79.9. The number of carboxylic acid groups (broad SMARTS) is 1. The number of carboxylic acids is 1. The molecule has 3 rings (SSSR count). The number of benzene rings is 1. The fraction of sp³-hybridized carbons (Fsp3) is 0.364. The van der Waals surface area contributed by atoms with Crippen molar-refractivity contribution in [1.29, 1.82) is 0 Å². The fourth-order valence-corrected chi connectivity index (χ4v) is 5.43. The van der Waals surface area contributed by atoms with Crippen LogP contribution in [-0.4, -0.2) is 50.6 Å². The van der Waals surface area contributed by atoms with Gasteiger partial charge in [-0.25, -0.2) is 19.2 Å². The molecule has 1 aliphatic heterocycles. The standard InChI is InChI=1S/C22H23Br2FN4O3S/c1-4-29-19(14-6-5-12(25)7-15(14)24)18(22(31)32)16(9-23)28-20(29)21-27-13(10-33-21)8-17(30)26-11(2)3/h5-7,10-11,19H,4,8-9H2,1-3H3,(H,26,30)(H,31,32). The number of rotatable bonds is 8. The minimum Gasteiger partial charge on any atom is -0.478 e. The van der Waals surface area contributed by atoms with Gasteiger partial charge in [0, 0.05) is 27.8 Å². The lowest BCUT2D eigenvalue weighted by molar-refractivity contribution is -0.133. The first kappa shape index (κ1) is 25.5. The third-order valence-electron chi connectivity index (χ3n) is 4.90. The highest BCUT2D eigenvalue weighted by Gasteiger charge is 2.38. The van der Waals surface area contributed by atoms with Gasteiger partial charge in [-0.2, -0.15) is 0 Å². The number of nitrogens with zero attached hydrogens (tertiary/aromatic N) is 3. The van der Waals surface area contributed by atoms with Crippen LogP contribution in [-0.2, 0) is 16.0 Å². The van der Waals surface area contributed by atoms with Crippen LogP contribution in [0.1, 0.15) is 43.1 Å². The maximum Gasteiger partial charge on any atom is 0.335 e. The van der Waals surface area contributed by atoms with Gasteiger partial charge in [0.15, 0.2) is 10.8 Å². The van der Waals surface area contributed by atoms with Crippen LogP contribution in [0.25, 0.3) is 0 Å². The molecule has 176 valence electrons. The molecule has 0 spiro atoms. The Morgan fingerprint density at radius 3 is 2.67 bits per heavy atom. The van der Waals surface area contributed by atoms with E-state index in [1.54, 1.807) is 11.4 Å². The first-order valence-electron chi connectivity index (χ1n) is 10.2. The lowest BCUT2D eigenvalue weighted by Gasteiger charge is -2.37.